The molecule has 2 rings (SSSR count). The van der Waals surface area contributed by atoms with Crippen LogP contribution in [0.2, 0.25) is 10.0 Å². The molecule has 0 spiro atoms. The molecule has 1 aromatic carbocycles. The number of hydrogen-bond acceptors (Lipinski definition) is 2. The second-order valence-corrected chi connectivity index (χ2v) is 4.61. The van der Waals surface area contributed by atoms with Crippen molar-refractivity contribution in [3.8, 4) is 5.75 Å². The lowest BCUT2D eigenvalue weighted by Gasteiger charge is -2.25. The Bertz CT molecular complexity index is 431. The summed E-state index contributed by atoms with van der Waals surface area (Å²) in [5.74, 6) is -0.213. The second-order valence-electron chi connectivity index (χ2n) is 3.83. The van der Waals surface area contributed by atoms with Gasteiger partial charge in [-0.1, -0.05) is 29.3 Å². The molecule has 0 saturated heterocycles. The van der Waals surface area contributed by atoms with Gasteiger partial charge in [-0.25, -0.2) is 0 Å². The number of carbonyl (C=O) groups is 1. The second kappa shape index (κ2) is 4.52. The van der Waals surface area contributed by atoms with Gasteiger partial charge < -0.3 is 9.84 Å². The van der Waals surface area contributed by atoms with Crippen LogP contribution in [0.1, 0.15) is 12.0 Å². The molecule has 5 heteroatoms. The Kier molecular flexibility index (Phi) is 3.26. The fraction of sp³-hybridized carbons (Fsp3) is 0.364. The van der Waals surface area contributed by atoms with E-state index in [1.807, 2.05) is 6.07 Å². The van der Waals surface area contributed by atoms with Crippen LogP contribution in [0.4, 0.5) is 0 Å². The van der Waals surface area contributed by atoms with E-state index in [1.54, 1.807) is 6.07 Å². The first-order valence-electron chi connectivity index (χ1n) is 4.89. The number of hydrogen-bond donors (Lipinski definition) is 1. The van der Waals surface area contributed by atoms with E-state index in [9.17, 15) is 4.79 Å². The molecule has 1 heterocycles. The van der Waals surface area contributed by atoms with Crippen molar-refractivity contribution in [3.63, 3.8) is 0 Å². The third-order valence-corrected chi connectivity index (χ3v) is 3.35. The molecule has 0 amide bonds. The molecule has 1 aliphatic heterocycles. The summed E-state index contributed by atoms with van der Waals surface area (Å²) < 4.78 is 5.47. The third kappa shape index (κ3) is 2.25. The molecular weight excluding hydrogens is 251 g/mol. The van der Waals surface area contributed by atoms with E-state index in [-0.39, 0.29) is 12.3 Å². The van der Waals surface area contributed by atoms with E-state index in [1.165, 1.54) is 0 Å². The molecule has 0 aromatic heterocycles. The van der Waals surface area contributed by atoms with Crippen molar-refractivity contribution in [2.75, 3.05) is 6.61 Å². The molecule has 86 valence electrons. The number of benzene rings is 1. The number of ether oxygens (including phenoxy) is 1. The van der Waals surface area contributed by atoms with E-state index in [2.05, 4.69) is 0 Å². The van der Waals surface area contributed by atoms with Gasteiger partial charge in [-0.2, -0.15) is 0 Å². The normalized spacial score (nSPS) is 18.8. The largest absolute Gasteiger partial charge is 0.491 e. The fourth-order valence-electron chi connectivity index (χ4n) is 1.84. The Morgan fingerprint density at radius 1 is 1.50 bits per heavy atom. The summed E-state index contributed by atoms with van der Waals surface area (Å²) in [7, 11) is 0. The smallest absolute Gasteiger partial charge is 0.303 e. The molecule has 1 aliphatic rings. The highest BCUT2D eigenvalue weighted by molar-refractivity contribution is 6.43. The van der Waals surface area contributed by atoms with Crippen molar-refractivity contribution in [2.24, 2.45) is 5.92 Å². The van der Waals surface area contributed by atoms with Gasteiger partial charge in [0.05, 0.1) is 18.1 Å². The van der Waals surface area contributed by atoms with Crippen LogP contribution in [0.15, 0.2) is 12.1 Å². The van der Waals surface area contributed by atoms with Gasteiger partial charge in [-0.3, -0.25) is 4.79 Å². The average Bonchev–Trinajstić information content (AvgIpc) is 2.23. The van der Waals surface area contributed by atoms with Gasteiger partial charge in [-0.15, -0.1) is 0 Å². The first-order valence-corrected chi connectivity index (χ1v) is 5.65. The zero-order valence-electron chi connectivity index (χ0n) is 8.37. The molecular formula is C11H10Cl2O3. The molecule has 16 heavy (non-hydrogen) atoms. The van der Waals surface area contributed by atoms with Crippen LogP contribution in [-0.4, -0.2) is 17.7 Å². The van der Waals surface area contributed by atoms with Crippen LogP contribution < -0.4 is 4.74 Å². The van der Waals surface area contributed by atoms with Gasteiger partial charge >= 0.3 is 5.97 Å². The van der Waals surface area contributed by atoms with Crippen molar-refractivity contribution in [3.05, 3.63) is 27.7 Å². The first-order chi connectivity index (χ1) is 7.58. The quantitative estimate of drug-likeness (QED) is 0.890. The Morgan fingerprint density at radius 2 is 2.25 bits per heavy atom. The zero-order chi connectivity index (χ0) is 11.7. The van der Waals surface area contributed by atoms with Crippen molar-refractivity contribution in [1.29, 1.82) is 0 Å². The van der Waals surface area contributed by atoms with Crippen LogP contribution in [-0.2, 0) is 11.2 Å². The number of rotatable bonds is 2. The first kappa shape index (κ1) is 11.6. The summed E-state index contributed by atoms with van der Waals surface area (Å²) in [4.78, 5) is 10.6. The molecule has 0 fully saturated rings. The molecule has 3 nitrogen and oxygen atoms in total. The predicted octanol–water partition coefficient (Wildman–Crippen LogP) is 3.02. The molecule has 0 bridgehead atoms. The lowest BCUT2D eigenvalue weighted by Crippen LogP contribution is -2.23. The van der Waals surface area contributed by atoms with Crippen LogP contribution in [0.3, 0.4) is 0 Å². The van der Waals surface area contributed by atoms with Gasteiger partial charge in [0, 0.05) is 5.92 Å². The van der Waals surface area contributed by atoms with E-state index in [0.717, 1.165) is 5.56 Å². The number of halogens is 2. The highest BCUT2D eigenvalue weighted by Crippen LogP contribution is 2.39. The van der Waals surface area contributed by atoms with Gasteiger partial charge in [0.15, 0.2) is 0 Å². The van der Waals surface area contributed by atoms with E-state index >= 15 is 0 Å². The summed E-state index contributed by atoms with van der Waals surface area (Å²) in [6.45, 7) is 0.374. The predicted molar refractivity (Wildman–Crippen MR) is 61.4 cm³/mol. The van der Waals surface area contributed by atoms with Gasteiger partial charge in [0.1, 0.15) is 10.8 Å². The maximum atomic E-state index is 10.6. The molecule has 0 aliphatic carbocycles. The minimum absolute atomic E-state index is 0.00208. The van der Waals surface area contributed by atoms with Crippen molar-refractivity contribution in [1.82, 2.24) is 0 Å². The summed E-state index contributed by atoms with van der Waals surface area (Å²) in [6, 6.07) is 3.53. The number of carboxylic acids is 1. The molecule has 1 atom stereocenters. The van der Waals surface area contributed by atoms with Gasteiger partial charge in [0.25, 0.3) is 0 Å². The van der Waals surface area contributed by atoms with Crippen molar-refractivity contribution in [2.45, 2.75) is 12.8 Å². The summed E-state index contributed by atoms with van der Waals surface area (Å²) in [6.07, 6.45) is 0.776. The minimum Gasteiger partial charge on any atom is -0.491 e. The zero-order valence-corrected chi connectivity index (χ0v) is 9.88. The van der Waals surface area contributed by atoms with Crippen LogP contribution in [0, 0.1) is 5.92 Å². The van der Waals surface area contributed by atoms with E-state index < -0.39 is 5.97 Å². The molecule has 0 radical (unpaired) electrons. The lowest BCUT2D eigenvalue weighted by molar-refractivity contribution is -0.138. The third-order valence-electron chi connectivity index (χ3n) is 2.57. The molecule has 1 N–H and O–H groups in total. The monoisotopic (exact) mass is 260 g/mol. The highest BCUT2D eigenvalue weighted by atomic mass is 35.5. The Morgan fingerprint density at radius 3 is 2.94 bits per heavy atom. The Labute approximate surface area is 103 Å². The maximum Gasteiger partial charge on any atom is 0.303 e. The van der Waals surface area contributed by atoms with Gasteiger partial charge in [0.2, 0.25) is 0 Å². The standard InChI is InChI=1S/C11H10Cl2O3/c12-8-2-1-7-3-6(4-9(14)15)5-16-11(7)10(8)13/h1-2,6H,3-5H2,(H,14,15). The van der Waals surface area contributed by atoms with Crippen LogP contribution >= 0.6 is 23.2 Å². The Balaban J connectivity index is 2.22. The van der Waals surface area contributed by atoms with Crippen LogP contribution in [0.5, 0.6) is 5.75 Å². The number of carboxylic acid groups (broad SMARTS) is 1. The molecule has 1 aromatic rings. The van der Waals surface area contributed by atoms with Crippen LogP contribution in [0.25, 0.3) is 0 Å². The number of fused-ring (bicyclic) bond motifs is 1. The summed E-state index contributed by atoms with van der Waals surface area (Å²) in [5, 5.41) is 9.58. The maximum absolute atomic E-state index is 10.6. The molecule has 0 saturated carbocycles. The molecule has 1 unspecified atom stereocenters. The SMILES string of the molecule is O=C(O)CC1COc2c(ccc(Cl)c2Cl)C1. The summed E-state index contributed by atoms with van der Waals surface area (Å²) in [5.41, 5.74) is 0.923. The minimum atomic E-state index is -0.808. The van der Waals surface area contributed by atoms with Crippen molar-refractivity contribution < 1.29 is 14.6 Å². The number of aliphatic carboxylic acids is 1. The average molecular weight is 261 g/mol. The van der Waals surface area contributed by atoms with E-state index in [4.69, 9.17) is 33.0 Å². The van der Waals surface area contributed by atoms with Gasteiger partial charge in [-0.05, 0) is 18.1 Å². The van der Waals surface area contributed by atoms with E-state index in [0.29, 0.717) is 28.8 Å². The Hall–Kier alpha value is -0.930. The topological polar surface area (TPSA) is 46.5 Å². The summed E-state index contributed by atoms with van der Waals surface area (Å²) >= 11 is 11.9. The lowest BCUT2D eigenvalue weighted by atomic mass is 9.94. The fourth-order valence-corrected chi connectivity index (χ4v) is 2.23. The highest BCUT2D eigenvalue weighted by Gasteiger charge is 2.24. The van der Waals surface area contributed by atoms with Crippen molar-refractivity contribution >= 4 is 29.2 Å².